The summed E-state index contributed by atoms with van der Waals surface area (Å²) >= 11 is 0. The third-order valence-corrected chi connectivity index (χ3v) is 14.7. The van der Waals surface area contributed by atoms with E-state index in [0.717, 1.165) is 0 Å². The molecule has 0 aromatic heterocycles. The standard InChI is InChI=1S/C32H16.2C16H10/c1-2-6-18-17(5-1)21-9-13-25-27-15-11-23-19-7-3-4-8-20(19)24-12-16-28(32(27)30(23)24)26-14-10-22(18)29(21)31(25)26;2*1-2-8-13-12(7-1)14-9-3-5-11-6-4-10-15(13)16(11)14/h1-16H;2*1-10H. The van der Waals surface area contributed by atoms with Gasteiger partial charge in [0.1, 0.15) is 0 Å². The zero-order valence-corrected chi connectivity index (χ0v) is 34.8. The number of rotatable bonds is 0. The Morgan fingerprint density at radius 2 is 0.328 bits per heavy atom. The first-order valence-electron chi connectivity index (χ1n) is 22.4. The fourth-order valence-electron chi connectivity index (χ4n) is 12.2. The normalized spacial score (nSPS) is 12.4. The average Bonchev–Trinajstić information content (AvgIpc) is 4.09. The Labute approximate surface area is 370 Å². The molecule has 0 heteroatoms. The fourth-order valence-corrected chi connectivity index (χ4v) is 12.2. The van der Waals surface area contributed by atoms with Crippen LogP contribution < -0.4 is 0 Å². The van der Waals surface area contributed by atoms with Crippen molar-refractivity contribution < 1.29 is 0 Å². The Kier molecular flexibility index (Phi) is 6.77. The third kappa shape index (κ3) is 4.42. The van der Waals surface area contributed by atoms with Crippen LogP contribution in [0.4, 0.5) is 0 Å². The van der Waals surface area contributed by atoms with Crippen molar-refractivity contribution in [3.05, 3.63) is 218 Å². The highest BCUT2D eigenvalue weighted by atomic mass is 14.3. The maximum atomic E-state index is 2.36. The highest BCUT2D eigenvalue weighted by molar-refractivity contribution is 6.39. The van der Waals surface area contributed by atoms with Crippen LogP contribution >= 0.6 is 0 Å². The van der Waals surface area contributed by atoms with E-state index in [-0.39, 0.29) is 0 Å². The minimum absolute atomic E-state index is 1.34. The second kappa shape index (κ2) is 12.6. The zero-order valence-electron chi connectivity index (χ0n) is 34.8. The number of fused-ring (bicyclic) bond motifs is 14. The van der Waals surface area contributed by atoms with Gasteiger partial charge in [0.2, 0.25) is 0 Å². The van der Waals surface area contributed by atoms with Crippen LogP contribution in [0.25, 0.3) is 154 Å². The lowest BCUT2D eigenvalue weighted by atomic mass is 9.86. The van der Waals surface area contributed by atoms with Gasteiger partial charge in [-0.2, -0.15) is 0 Å². The quantitative estimate of drug-likeness (QED) is 0.106. The predicted molar refractivity (Wildman–Crippen MR) is 273 cm³/mol. The molecule has 0 fully saturated rings. The molecule has 0 bridgehead atoms. The van der Waals surface area contributed by atoms with E-state index in [9.17, 15) is 0 Å². The summed E-state index contributed by atoms with van der Waals surface area (Å²) in [5.41, 5.74) is 21.9. The van der Waals surface area contributed by atoms with E-state index >= 15 is 0 Å². The highest BCUT2D eigenvalue weighted by Crippen LogP contribution is 2.56. The molecule has 0 spiro atoms. The largest absolute Gasteiger partial charge is 0.0616 e. The van der Waals surface area contributed by atoms with Gasteiger partial charge in [0.05, 0.1) is 0 Å². The van der Waals surface area contributed by atoms with Crippen molar-refractivity contribution in [1.29, 1.82) is 0 Å². The summed E-state index contributed by atoms with van der Waals surface area (Å²) in [7, 11) is 0. The summed E-state index contributed by atoms with van der Waals surface area (Å²) in [6, 6.07) is 80.0. The first kappa shape index (κ1) is 34.3. The van der Waals surface area contributed by atoms with Crippen LogP contribution in [0.2, 0.25) is 0 Å². The molecule has 64 heavy (non-hydrogen) atoms. The summed E-state index contributed by atoms with van der Waals surface area (Å²) in [4.78, 5) is 0. The number of benzene rings is 13. The summed E-state index contributed by atoms with van der Waals surface area (Å²) in [6.45, 7) is 0. The van der Waals surface area contributed by atoms with Crippen molar-refractivity contribution in [2.45, 2.75) is 0 Å². The van der Waals surface area contributed by atoms with Crippen LogP contribution in [0, 0.1) is 0 Å². The summed E-state index contributed by atoms with van der Waals surface area (Å²) in [5.74, 6) is 0. The molecule has 4 aliphatic rings. The lowest BCUT2D eigenvalue weighted by molar-refractivity contribution is 1.70. The Morgan fingerprint density at radius 1 is 0.125 bits per heavy atom. The molecular weight excluding hydrogens is 769 g/mol. The van der Waals surface area contributed by atoms with Crippen molar-refractivity contribution in [3.8, 4) is 89.0 Å². The molecule has 0 saturated carbocycles. The van der Waals surface area contributed by atoms with Gasteiger partial charge >= 0.3 is 0 Å². The Balaban J connectivity index is 0.0000000995. The minimum Gasteiger partial charge on any atom is -0.0616 e. The second-order valence-corrected chi connectivity index (χ2v) is 17.7. The van der Waals surface area contributed by atoms with Crippen LogP contribution in [0.15, 0.2) is 218 Å². The van der Waals surface area contributed by atoms with Gasteiger partial charge in [-0.15, -0.1) is 0 Å². The summed E-state index contributed by atoms with van der Waals surface area (Å²) in [6.07, 6.45) is 0. The highest BCUT2D eigenvalue weighted by Gasteiger charge is 2.28. The van der Waals surface area contributed by atoms with Crippen molar-refractivity contribution in [2.24, 2.45) is 0 Å². The number of hydrogen-bond acceptors (Lipinski definition) is 0. The van der Waals surface area contributed by atoms with Crippen molar-refractivity contribution >= 4 is 64.6 Å². The van der Waals surface area contributed by atoms with Gasteiger partial charge in [0.15, 0.2) is 0 Å². The SMILES string of the molecule is c1ccc2c(c1)-c1ccc3c4ccc5c6c(ccc(c7ccc-2c1c37)c64)-c1ccccc1-5.c1ccc2c(c1)-c1cccc3cccc-2c13.c1ccc2c(c1)-c1cccc3cccc-2c13. The lowest BCUT2D eigenvalue weighted by Gasteiger charge is -2.16. The minimum atomic E-state index is 1.34. The molecule has 0 amide bonds. The molecule has 292 valence electrons. The lowest BCUT2D eigenvalue weighted by Crippen LogP contribution is -1.88. The Morgan fingerprint density at radius 3 is 0.562 bits per heavy atom. The van der Waals surface area contributed by atoms with Gasteiger partial charge in [-0.3, -0.25) is 0 Å². The zero-order chi connectivity index (χ0) is 41.6. The monoisotopic (exact) mass is 804 g/mol. The molecule has 0 saturated heterocycles. The summed E-state index contributed by atoms with van der Waals surface area (Å²) in [5, 5.41) is 16.7. The molecule has 0 unspecified atom stereocenters. The molecule has 13 aromatic rings. The maximum absolute atomic E-state index is 2.36. The first-order chi connectivity index (χ1) is 31.8. The molecule has 0 N–H and O–H groups in total. The van der Waals surface area contributed by atoms with Crippen LogP contribution in [0.5, 0.6) is 0 Å². The molecule has 0 heterocycles. The van der Waals surface area contributed by atoms with Gasteiger partial charge in [-0.1, -0.05) is 218 Å². The topological polar surface area (TPSA) is 0 Å². The van der Waals surface area contributed by atoms with Gasteiger partial charge in [0.25, 0.3) is 0 Å². The Hall–Kier alpha value is -8.32. The van der Waals surface area contributed by atoms with Crippen LogP contribution in [0.3, 0.4) is 0 Å². The first-order valence-corrected chi connectivity index (χ1v) is 22.4. The van der Waals surface area contributed by atoms with Gasteiger partial charge in [-0.05, 0) is 154 Å². The molecular formula is C64H36. The van der Waals surface area contributed by atoms with Crippen molar-refractivity contribution in [2.75, 3.05) is 0 Å². The second-order valence-electron chi connectivity index (χ2n) is 17.7. The molecule has 0 nitrogen and oxygen atoms in total. The van der Waals surface area contributed by atoms with Crippen LogP contribution in [0.1, 0.15) is 0 Å². The smallest absolute Gasteiger partial charge is 0.00139 e. The predicted octanol–water partition coefficient (Wildman–Crippen LogP) is 18.0. The van der Waals surface area contributed by atoms with E-state index < -0.39 is 0 Å². The van der Waals surface area contributed by atoms with Crippen molar-refractivity contribution in [3.63, 3.8) is 0 Å². The molecule has 13 aromatic carbocycles. The average molecular weight is 805 g/mol. The van der Waals surface area contributed by atoms with Crippen LogP contribution in [-0.4, -0.2) is 0 Å². The van der Waals surface area contributed by atoms with Gasteiger partial charge in [-0.25, -0.2) is 0 Å². The molecule has 4 aliphatic carbocycles. The van der Waals surface area contributed by atoms with Gasteiger partial charge in [0, 0.05) is 0 Å². The van der Waals surface area contributed by atoms with Gasteiger partial charge < -0.3 is 0 Å². The third-order valence-electron chi connectivity index (χ3n) is 14.7. The molecule has 0 atom stereocenters. The van der Waals surface area contributed by atoms with E-state index in [1.807, 2.05) is 0 Å². The van der Waals surface area contributed by atoms with E-state index in [4.69, 9.17) is 0 Å². The Bertz CT molecular complexity index is 3660. The maximum Gasteiger partial charge on any atom is -0.00139 e. The van der Waals surface area contributed by atoms with E-state index in [1.54, 1.807) is 0 Å². The molecule has 17 rings (SSSR count). The van der Waals surface area contributed by atoms with Crippen LogP contribution in [-0.2, 0) is 0 Å². The summed E-state index contributed by atoms with van der Waals surface area (Å²) < 4.78 is 0. The number of hydrogen-bond donors (Lipinski definition) is 0. The van der Waals surface area contributed by atoms with Crippen molar-refractivity contribution in [1.82, 2.24) is 0 Å². The fraction of sp³-hybridized carbons (Fsp3) is 0. The molecule has 0 aliphatic heterocycles. The van der Waals surface area contributed by atoms with E-state index in [0.29, 0.717) is 0 Å². The van der Waals surface area contributed by atoms with E-state index in [1.165, 1.54) is 154 Å². The van der Waals surface area contributed by atoms with E-state index in [2.05, 4.69) is 218 Å². The molecule has 0 radical (unpaired) electrons.